The quantitative estimate of drug-likeness (QED) is 0.872. The number of methoxy groups -OCH3 is 1. The molecule has 25 heavy (non-hydrogen) atoms. The van der Waals surface area contributed by atoms with Gasteiger partial charge in [-0.05, 0) is 36.5 Å². The summed E-state index contributed by atoms with van der Waals surface area (Å²) in [5.41, 5.74) is 0.923. The molecule has 2 fully saturated rings. The highest BCUT2D eigenvalue weighted by molar-refractivity contribution is 7.90. The molecule has 1 aromatic rings. The molecule has 8 heteroatoms. The van der Waals surface area contributed by atoms with E-state index in [0.29, 0.717) is 39.0 Å². The highest BCUT2D eigenvalue weighted by Crippen LogP contribution is 2.35. The summed E-state index contributed by atoms with van der Waals surface area (Å²) in [6.07, 6.45) is 1.21. The van der Waals surface area contributed by atoms with E-state index in [2.05, 4.69) is 5.32 Å². The van der Waals surface area contributed by atoms with Crippen molar-refractivity contribution in [3.05, 3.63) is 29.8 Å². The molecule has 0 unspecified atom stereocenters. The van der Waals surface area contributed by atoms with Gasteiger partial charge < -0.3 is 15.0 Å². The summed E-state index contributed by atoms with van der Waals surface area (Å²) in [5.74, 6) is 0.801. The number of hydrogen-bond donors (Lipinski definition) is 1. The van der Waals surface area contributed by atoms with E-state index in [4.69, 9.17) is 4.74 Å². The number of carbonyl (C=O) groups excluding carboxylic acids is 1. The van der Waals surface area contributed by atoms with Crippen LogP contribution >= 0.6 is 0 Å². The first kappa shape index (κ1) is 18.0. The average Bonchev–Trinajstić information content (AvgIpc) is 2.77. The van der Waals surface area contributed by atoms with Crippen LogP contribution in [0, 0.1) is 5.92 Å². The molecule has 0 saturated carbocycles. The third-order valence-electron chi connectivity index (χ3n) is 5.15. The first-order chi connectivity index (χ1) is 12.0. The molecule has 2 saturated heterocycles. The number of hydrogen-bond acceptors (Lipinski definition) is 4. The minimum absolute atomic E-state index is 0.0743. The summed E-state index contributed by atoms with van der Waals surface area (Å²) < 4.78 is 32.7. The molecular weight excluding hydrogens is 342 g/mol. The lowest BCUT2D eigenvalue weighted by Crippen LogP contribution is -2.39. The van der Waals surface area contributed by atoms with Crippen molar-refractivity contribution in [3.63, 3.8) is 0 Å². The van der Waals surface area contributed by atoms with Crippen molar-refractivity contribution in [2.75, 3.05) is 33.8 Å². The summed E-state index contributed by atoms with van der Waals surface area (Å²) in [7, 11) is -0.154. The Balaban J connectivity index is 1.73. The van der Waals surface area contributed by atoms with Crippen molar-refractivity contribution in [3.8, 4) is 5.75 Å². The van der Waals surface area contributed by atoms with Crippen LogP contribution in [0.5, 0.6) is 5.75 Å². The molecule has 138 valence electrons. The van der Waals surface area contributed by atoms with E-state index in [9.17, 15) is 13.2 Å². The molecule has 0 bridgehead atoms. The largest absolute Gasteiger partial charge is 0.497 e. The van der Waals surface area contributed by atoms with E-state index in [-0.39, 0.29) is 11.9 Å². The molecule has 0 spiro atoms. The Hall–Kier alpha value is -1.80. The Morgan fingerprint density at radius 3 is 2.80 bits per heavy atom. The van der Waals surface area contributed by atoms with Gasteiger partial charge in [-0.15, -0.1) is 0 Å². The minimum Gasteiger partial charge on any atom is -0.497 e. The number of nitrogens with one attached hydrogen (secondary N) is 1. The smallest absolute Gasteiger partial charge is 0.317 e. The van der Waals surface area contributed by atoms with Gasteiger partial charge in [0.15, 0.2) is 0 Å². The number of amides is 2. The molecular formula is C17H25N3O4S. The van der Waals surface area contributed by atoms with E-state index in [1.807, 2.05) is 24.3 Å². The van der Waals surface area contributed by atoms with E-state index < -0.39 is 15.3 Å². The van der Waals surface area contributed by atoms with E-state index in [0.717, 1.165) is 11.3 Å². The van der Waals surface area contributed by atoms with E-state index >= 15 is 0 Å². The molecule has 2 atom stereocenters. The number of ether oxygens (including phenoxy) is 1. The number of urea groups is 1. The van der Waals surface area contributed by atoms with Crippen LogP contribution in [0.15, 0.2) is 24.3 Å². The first-order valence-electron chi connectivity index (χ1n) is 8.54. The zero-order chi connectivity index (χ0) is 18.0. The van der Waals surface area contributed by atoms with Crippen molar-refractivity contribution in [1.29, 1.82) is 0 Å². The molecule has 1 aromatic carbocycles. The van der Waals surface area contributed by atoms with E-state index in [1.165, 1.54) is 0 Å². The summed E-state index contributed by atoms with van der Waals surface area (Å²) in [6, 6.07) is 7.37. The molecule has 2 aliphatic heterocycles. The number of rotatable bonds is 3. The van der Waals surface area contributed by atoms with Crippen molar-refractivity contribution in [1.82, 2.24) is 14.5 Å². The number of benzene rings is 1. The van der Waals surface area contributed by atoms with Gasteiger partial charge in [-0.3, -0.25) is 0 Å². The van der Waals surface area contributed by atoms with Gasteiger partial charge in [0.05, 0.1) is 12.4 Å². The lowest BCUT2D eigenvalue weighted by molar-refractivity contribution is 0.201. The molecule has 0 radical (unpaired) electrons. The van der Waals surface area contributed by atoms with Crippen molar-refractivity contribution < 1.29 is 17.9 Å². The monoisotopic (exact) mass is 367 g/mol. The molecule has 0 aliphatic carbocycles. The second-order valence-electron chi connectivity index (χ2n) is 6.61. The van der Waals surface area contributed by atoms with Crippen LogP contribution < -0.4 is 10.1 Å². The van der Waals surface area contributed by atoms with Crippen molar-refractivity contribution in [2.24, 2.45) is 5.92 Å². The van der Waals surface area contributed by atoms with Gasteiger partial charge in [0.2, 0.25) is 10.0 Å². The Morgan fingerprint density at radius 1 is 1.32 bits per heavy atom. The fraction of sp³-hybridized carbons (Fsp3) is 0.588. The Kier molecular flexibility index (Phi) is 5.19. The molecule has 0 aromatic heterocycles. The summed E-state index contributed by atoms with van der Waals surface area (Å²) in [4.78, 5) is 13.5. The van der Waals surface area contributed by atoms with Crippen LogP contribution in [0.4, 0.5) is 4.79 Å². The van der Waals surface area contributed by atoms with Gasteiger partial charge in [-0.25, -0.2) is 13.2 Å². The third kappa shape index (κ3) is 3.59. The highest BCUT2D eigenvalue weighted by atomic mass is 32.2. The highest BCUT2D eigenvalue weighted by Gasteiger charge is 2.47. The fourth-order valence-electron chi connectivity index (χ4n) is 3.79. The average molecular weight is 367 g/mol. The van der Waals surface area contributed by atoms with E-state index in [1.54, 1.807) is 23.4 Å². The van der Waals surface area contributed by atoms with Gasteiger partial charge in [0.1, 0.15) is 5.75 Å². The molecule has 7 nitrogen and oxygen atoms in total. The molecule has 1 N–H and O–H groups in total. The second kappa shape index (κ2) is 7.21. The standard InChI is InChI=1S/C17H25N3O4S/c1-18-17(21)19-8-6-14-12-20(25(22,23)16(14)7-9-19)11-13-4-3-5-15(10-13)24-2/h3-5,10,14,16H,6-9,11-12H2,1-2H3,(H,18,21)/t14-,16-/m1/s1. The zero-order valence-corrected chi connectivity index (χ0v) is 15.5. The summed E-state index contributed by atoms with van der Waals surface area (Å²) in [5, 5.41) is 2.22. The predicted octanol–water partition coefficient (Wildman–Crippen LogP) is 1.26. The summed E-state index contributed by atoms with van der Waals surface area (Å²) in [6.45, 7) is 1.97. The van der Waals surface area contributed by atoms with Crippen LogP contribution in [0.3, 0.4) is 0 Å². The Labute approximate surface area is 149 Å². The van der Waals surface area contributed by atoms with Crippen LogP contribution in [-0.2, 0) is 16.6 Å². The first-order valence-corrected chi connectivity index (χ1v) is 10.0. The van der Waals surface area contributed by atoms with Crippen LogP contribution in [-0.4, -0.2) is 62.7 Å². The Morgan fingerprint density at radius 2 is 2.08 bits per heavy atom. The van der Waals surface area contributed by atoms with Crippen molar-refractivity contribution >= 4 is 16.1 Å². The van der Waals surface area contributed by atoms with Gasteiger partial charge in [0, 0.05) is 33.2 Å². The SMILES string of the molecule is CNC(=O)N1CC[C@@H]2CN(Cc3cccc(OC)c3)S(=O)(=O)[C@@H]2CC1. The lowest BCUT2D eigenvalue weighted by Gasteiger charge is -2.21. The molecule has 2 heterocycles. The van der Waals surface area contributed by atoms with Crippen LogP contribution in [0.1, 0.15) is 18.4 Å². The van der Waals surface area contributed by atoms with Gasteiger partial charge in [-0.1, -0.05) is 12.1 Å². The van der Waals surface area contributed by atoms with Crippen LogP contribution in [0.25, 0.3) is 0 Å². The molecule has 2 amide bonds. The maximum absolute atomic E-state index is 13.0. The van der Waals surface area contributed by atoms with Crippen LogP contribution in [0.2, 0.25) is 0 Å². The van der Waals surface area contributed by atoms with Gasteiger partial charge >= 0.3 is 6.03 Å². The van der Waals surface area contributed by atoms with Gasteiger partial charge in [-0.2, -0.15) is 4.31 Å². The van der Waals surface area contributed by atoms with Crippen molar-refractivity contribution in [2.45, 2.75) is 24.6 Å². The second-order valence-corrected chi connectivity index (χ2v) is 8.76. The number of carbonyl (C=O) groups is 1. The maximum atomic E-state index is 13.0. The minimum atomic E-state index is -3.35. The maximum Gasteiger partial charge on any atom is 0.317 e. The number of fused-ring (bicyclic) bond motifs is 1. The normalized spacial score (nSPS) is 25.9. The van der Waals surface area contributed by atoms with Gasteiger partial charge in [0.25, 0.3) is 0 Å². The fourth-order valence-corrected chi connectivity index (χ4v) is 6.01. The molecule has 3 rings (SSSR count). The topological polar surface area (TPSA) is 79.0 Å². The lowest BCUT2D eigenvalue weighted by atomic mass is 10.0. The zero-order valence-electron chi connectivity index (χ0n) is 14.6. The number of nitrogens with zero attached hydrogens (tertiary/aromatic N) is 2. The molecule has 2 aliphatic rings. The predicted molar refractivity (Wildman–Crippen MR) is 94.9 cm³/mol. The number of sulfonamides is 1. The third-order valence-corrected chi connectivity index (χ3v) is 7.54. The Bertz CT molecular complexity index is 737. The number of likely N-dealkylation sites (tertiary alicyclic amines) is 1. The summed E-state index contributed by atoms with van der Waals surface area (Å²) >= 11 is 0.